The highest BCUT2D eigenvalue weighted by molar-refractivity contribution is 7.99. The molecule has 0 saturated heterocycles. The molecule has 3 aromatic heterocycles. The van der Waals surface area contributed by atoms with Crippen LogP contribution in [-0.2, 0) is 13.0 Å². The molecule has 0 bridgehead atoms. The lowest BCUT2D eigenvalue weighted by molar-refractivity contribution is 0.422. The molecule has 5 rings (SSSR count). The fourth-order valence-electron chi connectivity index (χ4n) is 3.46. The molecule has 4 aromatic rings. The second kappa shape index (κ2) is 8.63. The van der Waals surface area contributed by atoms with Crippen LogP contribution in [0.15, 0.2) is 58.5 Å². The number of halogens is 1. The third kappa shape index (κ3) is 4.54. The van der Waals surface area contributed by atoms with Gasteiger partial charge in [-0.1, -0.05) is 28.5 Å². The van der Waals surface area contributed by atoms with Crippen molar-refractivity contribution in [1.82, 2.24) is 24.9 Å². The highest BCUT2D eigenvalue weighted by Crippen LogP contribution is 2.34. The van der Waals surface area contributed by atoms with Crippen LogP contribution in [0.4, 0.5) is 4.39 Å². The molecule has 0 unspecified atom stereocenters. The summed E-state index contributed by atoms with van der Waals surface area (Å²) in [6.45, 7) is 2.86. The van der Waals surface area contributed by atoms with Crippen LogP contribution in [0, 0.1) is 18.7 Å². The molecular formula is C23H22FN5OS. The standard InChI is InChI=1S/C23H22FN5OS/c1-15-2-5-20(24)19(12-15)21-13-18(28-30-21)8-11-31-23-27-26-22(17-6-9-25-10-7-17)29(23)14-16-3-4-16/h2,5-7,9-10,12-13,16H,3-4,8,11,14H2,1H3. The Hall–Kier alpha value is -3.00. The maximum atomic E-state index is 14.1. The van der Waals surface area contributed by atoms with Crippen LogP contribution >= 0.6 is 11.8 Å². The second-order valence-corrected chi connectivity index (χ2v) is 8.92. The first kappa shape index (κ1) is 19.9. The van der Waals surface area contributed by atoms with Gasteiger partial charge in [0.1, 0.15) is 5.82 Å². The molecule has 1 aromatic carbocycles. The molecule has 31 heavy (non-hydrogen) atoms. The second-order valence-electron chi connectivity index (χ2n) is 7.86. The van der Waals surface area contributed by atoms with E-state index in [1.54, 1.807) is 36.3 Å². The van der Waals surface area contributed by atoms with E-state index >= 15 is 0 Å². The van der Waals surface area contributed by atoms with E-state index in [0.29, 0.717) is 23.7 Å². The van der Waals surface area contributed by atoms with Gasteiger partial charge in [0.15, 0.2) is 16.7 Å². The largest absolute Gasteiger partial charge is 0.356 e. The summed E-state index contributed by atoms with van der Waals surface area (Å²) in [4.78, 5) is 4.10. The zero-order valence-electron chi connectivity index (χ0n) is 17.2. The van der Waals surface area contributed by atoms with Crippen molar-refractivity contribution in [2.24, 2.45) is 5.92 Å². The lowest BCUT2D eigenvalue weighted by Gasteiger charge is -2.09. The summed E-state index contributed by atoms with van der Waals surface area (Å²) < 4.78 is 21.7. The van der Waals surface area contributed by atoms with Gasteiger partial charge in [-0.15, -0.1) is 10.2 Å². The van der Waals surface area contributed by atoms with Crippen molar-refractivity contribution in [2.45, 2.75) is 37.9 Å². The van der Waals surface area contributed by atoms with E-state index in [-0.39, 0.29) is 5.82 Å². The maximum Gasteiger partial charge on any atom is 0.191 e. The molecule has 0 amide bonds. The molecule has 3 heterocycles. The van der Waals surface area contributed by atoms with Crippen LogP contribution < -0.4 is 0 Å². The van der Waals surface area contributed by atoms with E-state index in [2.05, 4.69) is 24.9 Å². The van der Waals surface area contributed by atoms with Crippen molar-refractivity contribution < 1.29 is 8.91 Å². The Morgan fingerprint density at radius 2 is 1.97 bits per heavy atom. The minimum absolute atomic E-state index is 0.306. The van der Waals surface area contributed by atoms with E-state index in [1.165, 1.54) is 18.9 Å². The summed E-state index contributed by atoms with van der Waals surface area (Å²) in [7, 11) is 0. The molecule has 1 aliphatic rings. The first-order valence-electron chi connectivity index (χ1n) is 10.4. The normalized spacial score (nSPS) is 13.6. The minimum atomic E-state index is -0.306. The number of hydrogen-bond donors (Lipinski definition) is 0. The van der Waals surface area contributed by atoms with Crippen LogP contribution in [0.25, 0.3) is 22.7 Å². The Labute approximate surface area is 183 Å². The number of aryl methyl sites for hydroxylation is 2. The van der Waals surface area contributed by atoms with Crippen molar-refractivity contribution >= 4 is 11.8 Å². The van der Waals surface area contributed by atoms with Gasteiger partial charge in [-0.3, -0.25) is 4.98 Å². The van der Waals surface area contributed by atoms with E-state index < -0.39 is 0 Å². The van der Waals surface area contributed by atoms with Crippen LogP contribution in [0.1, 0.15) is 24.1 Å². The number of thioether (sulfide) groups is 1. The lowest BCUT2D eigenvalue weighted by Crippen LogP contribution is -2.05. The number of rotatable bonds is 8. The zero-order chi connectivity index (χ0) is 21.2. The Morgan fingerprint density at radius 1 is 1.13 bits per heavy atom. The molecule has 0 N–H and O–H groups in total. The summed E-state index contributed by atoms with van der Waals surface area (Å²) in [5, 5.41) is 13.9. The van der Waals surface area contributed by atoms with Gasteiger partial charge in [-0.25, -0.2) is 4.39 Å². The summed E-state index contributed by atoms with van der Waals surface area (Å²) >= 11 is 1.66. The quantitative estimate of drug-likeness (QED) is 0.355. The first-order chi connectivity index (χ1) is 15.2. The summed E-state index contributed by atoms with van der Waals surface area (Å²) in [6, 6.07) is 10.7. The number of hydrogen-bond acceptors (Lipinski definition) is 6. The highest BCUT2D eigenvalue weighted by atomic mass is 32.2. The van der Waals surface area contributed by atoms with Crippen molar-refractivity contribution in [3.05, 3.63) is 65.9 Å². The van der Waals surface area contributed by atoms with E-state index in [4.69, 9.17) is 4.52 Å². The molecule has 8 heteroatoms. The van der Waals surface area contributed by atoms with Gasteiger partial charge in [0.2, 0.25) is 0 Å². The van der Waals surface area contributed by atoms with Crippen molar-refractivity contribution in [3.63, 3.8) is 0 Å². The number of benzene rings is 1. The Morgan fingerprint density at radius 3 is 2.77 bits per heavy atom. The summed E-state index contributed by atoms with van der Waals surface area (Å²) in [5.74, 6) is 2.52. The zero-order valence-corrected chi connectivity index (χ0v) is 18.0. The third-order valence-corrected chi connectivity index (χ3v) is 6.30. The molecule has 6 nitrogen and oxygen atoms in total. The number of pyridine rings is 1. The van der Waals surface area contributed by atoms with Crippen molar-refractivity contribution in [1.29, 1.82) is 0 Å². The highest BCUT2D eigenvalue weighted by Gasteiger charge is 2.25. The minimum Gasteiger partial charge on any atom is -0.356 e. The lowest BCUT2D eigenvalue weighted by atomic mass is 10.1. The van der Waals surface area contributed by atoms with Gasteiger partial charge in [0.05, 0.1) is 11.3 Å². The first-order valence-corrected chi connectivity index (χ1v) is 11.3. The van der Waals surface area contributed by atoms with Gasteiger partial charge >= 0.3 is 0 Å². The molecule has 1 saturated carbocycles. The van der Waals surface area contributed by atoms with Crippen LogP contribution in [-0.4, -0.2) is 30.7 Å². The average Bonchev–Trinajstić information content (AvgIpc) is 3.33. The molecule has 0 spiro atoms. The monoisotopic (exact) mass is 435 g/mol. The van der Waals surface area contributed by atoms with Gasteiger partial charge in [0.25, 0.3) is 0 Å². The van der Waals surface area contributed by atoms with E-state index in [1.807, 2.05) is 25.1 Å². The fraction of sp³-hybridized carbons (Fsp3) is 0.304. The summed E-state index contributed by atoms with van der Waals surface area (Å²) in [6.07, 6.45) is 6.77. The SMILES string of the molecule is Cc1ccc(F)c(-c2cc(CCSc3nnc(-c4ccncc4)n3CC3CC3)no2)c1. The Balaban J connectivity index is 1.28. The van der Waals surface area contributed by atoms with Crippen LogP contribution in [0.2, 0.25) is 0 Å². The molecule has 158 valence electrons. The van der Waals surface area contributed by atoms with Gasteiger partial charge < -0.3 is 9.09 Å². The average molecular weight is 436 g/mol. The predicted molar refractivity (Wildman–Crippen MR) is 117 cm³/mol. The van der Waals surface area contributed by atoms with Gasteiger partial charge in [0, 0.05) is 42.7 Å². The number of nitrogens with zero attached hydrogens (tertiary/aromatic N) is 5. The predicted octanol–water partition coefficient (Wildman–Crippen LogP) is 5.19. The van der Waals surface area contributed by atoms with Crippen LogP contribution in [0.5, 0.6) is 0 Å². The molecule has 0 atom stereocenters. The number of aromatic nitrogens is 5. The third-order valence-electron chi connectivity index (χ3n) is 5.33. The molecule has 0 aliphatic heterocycles. The van der Waals surface area contributed by atoms with E-state index in [0.717, 1.165) is 40.1 Å². The fourth-order valence-corrected chi connectivity index (χ4v) is 4.37. The Bertz CT molecular complexity index is 1190. The van der Waals surface area contributed by atoms with Gasteiger partial charge in [-0.2, -0.15) is 0 Å². The molecular weight excluding hydrogens is 413 g/mol. The van der Waals surface area contributed by atoms with Gasteiger partial charge in [-0.05, 0) is 49.9 Å². The maximum absolute atomic E-state index is 14.1. The van der Waals surface area contributed by atoms with E-state index in [9.17, 15) is 4.39 Å². The molecule has 1 aliphatic carbocycles. The topological polar surface area (TPSA) is 69.6 Å². The van der Waals surface area contributed by atoms with Crippen molar-refractivity contribution in [2.75, 3.05) is 5.75 Å². The molecule has 0 radical (unpaired) electrons. The Kier molecular flexibility index (Phi) is 5.55. The summed E-state index contributed by atoms with van der Waals surface area (Å²) in [5.41, 5.74) is 3.24. The molecule has 1 fully saturated rings. The smallest absolute Gasteiger partial charge is 0.191 e. The van der Waals surface area contributed by atoms with Crippen LogP contribution in [0.3, 0.4) is 0 Å². The van der Waals surface area contributed by atoms with Crippen molar-refractivity contribution in [3.8, 4) is 22.7 Å².